The van der Waals surface area contributed by atoms with Gasteiger partial charge in [0.25, 0.3) is 0 Å². The van der Waals surface area contributed by atoms with E-state index >= 15 is 0 Å². The maximum atomic E-state index is 12.8. The van der Waals surface area contributed by atoms with Crippen molar-refractivity contribution in [3.05, 3.63) is 51.9 Å². The summed E-state index contributed by atoms with van der Waals surface area (Å²) >= 11 is 3.41. The Bertz CT molecular complexity index is 1110. The highest BCUT2D eigenvalue weighted by Crippen LogP contribution is 2.35. The van der Waals surface area contributed by atoms with Gasteiger partial charge in [-0.1, -0.05) is 18.6 Å². The van der Waals surface area contributed by atoms with Gasteiger partial charge >= 0.3 is 6.18 Å². The van der Waals surface area contributed by atoms with Crippen molar-refractivity contribution in [1.82, 2.24) is 14.5 Å². The van der Waals surface area contributed by atoms with Crippen LogP contribution in [-0.4, -0.2) is 20.6 Å². The van der Waals surface area contributed by atoms with Crippen molar-refractivity contribution >= 4 is 32.8 Å². The van der Waals surface area contributed by atoms with E-state index in [0.29, 0.717) is 39.4 Å². The Labute approximate surface area is 180 Å². The van der Waals surface area contributed by atoms with E-state index in [4.69, 9.17) is 0 Å². The van der Waals surface area contributed by atoms with Crippen molar-refractivity contribution in [2.24, 2.45) is 5.92 Å². The number of nitrogens with zero attached hydrogens (tertiary/aromatic N) is 4. The predicted octanol–water partition coefficient (Wildman–Crippen LogP) is 5.73. The zero-order valence-electron chi connectivity index (χ0n) is 16.2. The summed E-state index contributed by atoms with van der Waals surface area (Å²) in [4.78, 5) is 8.92. The second-order valence-electron chi connectivity index (χ2n) is 7.62. The third kappa shape index (κ3) is 3.88. The lowest BCUT2D eigenvalue weighted by atomic mass is 9.80. The van der Waals surface area contributed by atoms with Crippen molar-refractivity contribution in [3.8, 4) is 6.07 Å². The van der Waals surface area contributed by atoms with Gasteiger partial charge in [0, 0.05) is 12.6 Å². The predicted molar refractivity (Wildman–Crippen MR) is 111 cm³/mol. The molecule has 0 amide bonds. The Balaban J connectivity index is 1.71. The Hall–Kier alpha value is -2.60. The second kappa shape index (κ2) is 7.91. The van der Waals surface area contributed by atoms with Gasteiger partial charge in [-0.05, 0) is 59.3 Å². The number of hydrogen-bond donors (Lipinski definition) is 1. The number of hydrogen-bond acceptors (Lipinski definition) is 4. The van der Waals surface area contributed by atoms with Crippen LogP contribution in [0.25, 0.3) is 11.0 Å². The van der Waals surface area contributed by atoms with Crippen molar-refractivity contribution < 1.29 is 13.2 Å². The standard InChI is InChI=1S/C21H19BrF3N5/c1-12(14-3-2-4-14)28-20-19-18(17(22)16(9-26)29-20)27-11-30(19)10-13-5-7-15(8-6-13)21(23,24)25/h5-8,11-12,14H,2-4,10H2,1H3,(H,28,29). The molecule has 5 nitrogen and oxygen atoms in total. The van der Waals surface area contributed by atoms with Crippen LogP contribution in [0.15, 0.2) is 35.1 Å². The fraction of sp³-hybridized carbons (Fsp3) is 0.381. The maximum Gasteiger partial charge on any atom is 0.416 e. The van der Waals surface area contributed by atoms with E-state index in [-0.39, 0.29) is 11.7 Å². The molecule has 0 aliphatic heterocycles. The highest BCUT2D eigenvalue weighted by atomic mass is 79.9. The first-order chi connectivity index (χ1) is 14.3. The molecule has 1 aliphatic carbocycles. The van der Waals surface area contributed by atoms with Crippen LogP contribution in [0, 0.1) is 17.2 Å². The van der Waals surface area contributed by atoms with Gasteiger partial charge in [0.2, 0.25) is 0 Å². The lowest BCUT2D eigenvalue weighted by Gasteiger charge is -2.32. The largest absolute Gasteiger partial charge is 0.416 e. The van der Waals surface area contributed by atoms with Crippen LogP contribution < -0.4 is 5.32 Å². The molecule has 1 aromatic carbocycles. The molecule has 0 bridgehead atoms. The zero-order valence-corrected chi connectivity index (χ0v) is 17.8. The number of nitrogens with one attached hydrogen (secondary N) is 1. The van der Waals surface area contributed by atoms with Crippen LogP contribution >= 0.6 is 15.9 Å². The summed E-state index contributed by atoms with van der Waals surface area (Å²) < 4.78 is 40.8. The van der Waals surface area contributed by atoms with Gasteiger partial charge in [0.1, 0.15) is 17.1 Å². The van der Waals surface area contributed by atoms with Gasteiger partial charge in [-0.25, -0.2) is 9.97 Å². The minimum absolute atomic E-state index is 0.191. The van der Waals surface area contributed by atoms with Gasteiger partial charge in [0.05, 0.1) is 16.4 Å². The van der Waals surface area contributed by atoms with Crippen molar-refractivity contribution in [2.45, 2.75) is 44.9 Å². The Morgan fingerprint density at radius 1 is 1.30 bits per heavy atom. The minimum atomic E-state index is -4.36. The Morgan fingerprint density at radius 2 is 2.00 bits per heavy atom. The lowest BCUT2D eigenvalue weighted by molar-refractivity contribution is -0.137. The molecule has 156 valence electrons. The van der Waals surface area contributed by atoms with Crippen LogP contribution in [-0.2, 0) is 12.7 Å². The third-order valence-electron chi connectivity index (χ3n) is 5.66. The molecule has 2 aromatic heterocycles. The van der Waals surface area contributed by atoms with Crippen molar-refractivity contribution in [2.75, 3.05) is 5.32 Å². The molecule has 9 heteroatoms. The molecule has 1 atom stereocenters. The molecule has 1 unspecified atom stereocenters. The van der Waals surface area contributed by atoms with E-state index in [2.05, 4.69) is 44.2 Å². The number of imidazole rings is 1. The van der Waals surface area contributed by atoms with Crippen LogP contribution in [0.1, 0.15) is 43.0 Å². The lowest BCUT2D eigenvalue weighted by Crippen LogP contribution is -2.31. The number of benzene rings is 1. The summed E-state index contributed by atoms with van der Waals surface area (Å²) in [5.74, 6) is 1.12. The summed E-state index contributed by atoms with van der Waals surface area (Å²) in [6, 6.07) is 7.36. The molecule has 1 N–H and O–H groups in total. The van der Waals surface area contributed by atoms with Crippen molar-refractivity contribution in [1.29, 1.82) is 5.26 Å². The van der Waals surface area contributed by atoms with Crippen LogP contribution in [0.4, 0.5) is 19.0 Å². The fourth-order valence-corrected chi connectivity index (χ4v) is 4.15. The number of fused-ring (bicyclic) bond motifs is 1. The zero-order chi connectivity index (χ0) is 21.5. The summed E-state index contributed by atoms with van der Waals surface area (Å²) in [6.07, 6.45) is 0.787. The summed E-state index contributed by atoms with van der Waals surface area (Å²) in [5, 5.41) is 12.9. The molecule has 0 spiro atoms. The Kier molecular flexibility index (Phi) is 5.45. The summed E-state index contributed by atoms with van der Waals surface area (Å²) in [7, 11) is 0. The van der Waals surface area contributed by atoms with E-state index in [1.165, 1.54) is 18.6 Å². The average molecular weight is 478 g/mol. The monoisotopic (exact) mass is 477 g/mol. The molecule has 1 fully saturated rings. The van der Waals surface area contributed by atoms with Crippen LogP contribution in [0.5, 0.6) is 0 Å². The van der Waals surface area contributed by atoms with Gasteiger partial charge in [-0.2, -0.15) is 18.4 Å². The first kappa shape index (κ1) is 20.7. The van der Waals surface area contributed by atoms with E-state index in [0.717, 1.165) is 25.0 Å². The molecule has 3 aromatic rings. The summed E-state index contributed by atoms with van der Waals surface area (Å²) in [5.41, 5.74) is 1.58. The number of halogens is 4. The number of alkyl halides is 3. The normalized spacial score (nSPS) is 15.6. The molecule has 1 saturated carbocycles. The number of nitriles is 1. The van der Waals surface area contributed by atoms with E-state index in [1.807, 2.05) is 4.57 Å². The van der Waals surface area contributed by atoms with Crippen LogP contribution in [0.3, 0.4) is 0 Å². The first-order valence-corrected chi connectivity index (χ1v) is 10.4. The Morgan fingerprint density at radius 3 is 2.57 bits per heavy atom. The third-order valence-corrected chi connectivity index (χ3v) is 6.41. The molecular formula is C21H19BrF3N5. The van der Waals surface area contributed by atoms with Gasteiger partial charge < -0.3 is 9.88 Å². The molecular weight excluding hydrogens is 459 g/mol. The molecule has 30 heavy (non-hydrogen) atoms. The number of aromatic nitrogens is 3. The van der Waals surface area contributed by atoms with Crippen molar-refractivity contribution in [3.63, 3.8) is 0 Å². The average Bonchev–Trinajstić information content (AvgIpc) is 3.06. The SMILES string of the molecule is CC(Nc1nc(C#N)c(Br)c2ncn(Cc3ccc(C(F)(F)F)cc3)c12)C1CCC1. The van der Waals surface area contributed by atoms with Gasteiger partial charge in [0.15, 0.2) is 11.5 Å². The summed E-state index contributed by atoms with van der Waals surface area (Å²) in [6.45, 7) is 2.43. The topological polar surface area (TPSA) is 66.5 Å². The quantitative estimate of drug-likeness (QED) is 0.509. The smallest absolute Gasteiger partial charge is 0.365 e. The fourth-order valence-electron chi connectivity index (χ4n) is 3.68. The highest BCUT2D eigenvalue weighted by Gasteiger charge is 2.30. The van der Waals surface area contributed by atoms with E-state index in [1.54, 1.807) is 6.33 Å². The molecule has 0 saturated heterocycles. The minimum Gasteiger partial charge on any atom is -0.365 e. The van der Waals surface area contributed by atoms with Crippen LogP contribution in [0.2, 0.25) is 0 Å². The maximum absolute atomic E-state index is 12.8. The van der Waals surface area contributed by atoms with Gasteiger partial charge in [-0.3, -0.25) is 0 Å². The first-order valence-electron chi connectivity index (χ1n) is 9.65. The molecule has 4 rings (SSSR count). The highest BCUT2D eigenvalue weighted by molar-refractivity contribution is 9.10. The molecule has 2 heterocycles. The number of anilines is 1. The van der Waals surface area contributed by atoms with E-state index < -0.39 is 11.7 Å². The number of pyridine rings is 1. The second-order valence-corrected chi connectivity index (χ2v) is 8.42. The van der Waals surface area contributed by atoms with Gasteiger partial charge in [-0.15, -0.1) is 0 Å². The van der Waals surface area contributed by atoms with E-state index in [9.17, 15) is 18.4 Å². The molecule has 1 aliphatic rings. The molecule has 0 radical (unpaired) electrons. The number of rotatable bonds is 5.